The van der Waals surface area contributed by atoms with Crippen LogP contribution in [0.3, 0.4) is 0 Å². The topological polar surface area (TPSA) is 37.3 Å². The second kappa shape index (κ2) is 25.5. The number of hydrogen-bond donors (Lipinski definition) is 1. The van der Waals surface area contributed by atoms with Gasteiger partial charge >= 0.3 is 5.97 Å². The Hall–Kier alpha value is -0.790. The summed E-state index contributed by atoms with van der Waals surface area (Å²) < 4.78 is 0. The monoisotopic (exact) mass is 436 g/mol. The molecule has 0 saturated carbocycles. The van der Waals surface area contributed by atoms with Gasteiger partial charge in [-0.2, -0.15) is 0 Å². The van der Waals surface area contributed by atoms with E-state index in [0.29, 0.717) is 12.3 Å². The van der Waals surface area contributed by atoms with Gasteiger partial charge in [0, 0.05) is 6.42 Å². The molecule has 0 aliphatic heterocycles. The number of carbonyl (C=O) groups is 1. The molecule has 0 amide bonds. The lowest BCUT2D eigenvalue weighted by molar-refractivity contribution is -0.138. The molecule has 0 aromatic rings. The Bertz CT molecular complexity index is 388. The Kier molecular flexibility index (Phi) is 24.8. The molecule has 1 unspecified atom stereocenters. The first-order chi connectivity index (χ1) is 15.2. The summed E-state index contributed by atoms with van der Waals surface area (Å²) in [6.07, 6.45) is 33.8. The number of carboxylic acids is 1. The third-order valence-corrected chi connectivity index (χ3v) is 6.55. The van der Waals surface area contributed by atoms with Crippen LogP contribution >= 0.6 is 0 Å². The second-order valence-electron chi connectivity index (χ2n) is 9.75. The van der Waals surface area contributed by atoms with Crippen LogP contribution in [0.4, 0.5) is 0 Å². The van der Waals surface area contributed by atoms with Crippen LogP contribution in [-0.4, -0.2) is 11.1 Å². The molecule has 0 fully saturated rings. The summed E-state index contributed by atoms with van der Waals surface area (Å²) in [6, 6.07) is 0. The van der Waals surface area contributed by atoms with Crippen LogP contribution in [0.1, 0.15) is 162 Å². The largest absolute Gasteiger partial charge is 0.481 e. The smallest absolute Gasteiger partial charge is 0.303 e. The second-order valence-corrected chi connectivity index (χ2v) is 9.75. The first kappa shape index (κ1) is 30.2. The van der Waals surface area contributed by atoms with Crippen molar-refractivity contribution in [2.24, 2.45) is 5.92 Å². The molecule has 2 nitrogen and oxygen atoms in total. The Morgan fingerprint density at radius 3 is 1.32 bits per heavy atom. The molecule has 1 N–H and O–H groups in total. The summed E-state index contributed by atoms with van der Waals surface area (Å²) in [5.41, 5.74) is 0. The maximum absolute atomic E-state index is 11.2. The SMILES string of the molecule is CCCCCCCC/C=C\CCCCCCCC(CCCCCCCCC)CC(=O)O. The van der Waals surface area contributed by atoms with Crippen LogP contribution < -0.4 is 0 Å². The van der Waals surface area contributed by atoms with E-state index in [2.05, 4.69) is 26.0 Å². The average molecular weight is 437 g/mol. The predicted molar refractivity (Wildman–Crippen MR) is 138 cm³/mol. The zero-order chi connectivity index (χ0) is 22.8. The quantitative estimate of drug-likeness (QED) is 0.114. The van der Waals surface area contributed by atoms with Crippen molar-refractivity contribution >= 4 is 5.97 Å². The van der Waals surface area contributed by atoms with Crippen LogP contribution in [-0.2, 0) is 4.79 Å². The van der Waals surface area contributed by atoms with E-state index >= 15 is 0 Å². The first-order valence-electron chi connectivity index (χ1n) is 14.1. The Morgan fingerprint density at radius 1 is 0.581 bits per heavy atom. The highest BCUT2D eigenvalue weighted by Gasteiger charge is 2.12. The van der Waals surface area contributed by atoms with E-state index in [4.69, 9.17) is 0 Å². The number of allylic oxidation sites excluding steroid dienone is 2. The minimum Gasteiger partial charge on any atom is -0.481 e. The van der Waals surface area contributed by atoms with Gasteiger partial charge in [0.15, 0.2) is 0 Å². The molecule has 0 heterocycles. The number of aliphatic carboxylic acids is 1. The molecule has 31 heavy (non-hydrogen) atoms. The highest BCUT2D eigenvalue weighted by Crippen LogP contribution is 2.22. The fraction of sp³-hybridized carbons (Fsp3) is 0.897. The highest BCUT2D eigenvalue weighted by atomic mass is 16.4. The number of hydrogen-bond acceptors (Lipinski definition) is 1. The van der Waals surface area contributed by atoms with E-state index in [1.807, 2.05) is 0 Å². The van der Waals surface area contributed by atoms with Gasteiger partial charge in [0.05, 0.1) is 0 Å². The molecule has 0 spiro atoms. The third-order valence-electron chi connectivity index (χ3n) is 6.55. The molecule has 184 valence electrons. The molecule has 0 rings (SSSR count). The maximum atomic E-state index is 11.2. The van der Waals surface area contributed by atoms with E-state index in [0.717, 1.165) is 12.8 Å². The van der Waals surface area contributed by atoms with Crippen molar-refractivity contribution in [2.75, 3.05) is 0 Å². The summed E-state index contributed by atoms with van der Waals surface area (Å²) >= 11 is 0. The fourth-order valence-corrected chi connectivity index (χ4v) is 4.49. The van der Waals surface area contributed by atoms with Gasteiger partial charge in [0.25, 0.3) is 0 Å². The van der Waals surface area contributed by atoms with E-state index in [1.54, 1.807) is 0 Å². The van der Waals surface area contributed by atoms with E-state index in [-0.39, 0.29) is 0 Å². The van der Waals surface area contributed by atoms with Crippen molar-refractivity contribution in [1.29, 1.82) is 0 Å². The van der Waals surface area contributed by atoms with Gasteiger partial charge in [-0.3, -0.25) is 4.79 Å². The molecule has 0 radical (unpaired) electrons. The average Bonchev–Trinajstić information content (AvgIpc) is 2.75. The molecule has 0 saturated heterocycles. The zero-order valence-corrected chi connectivity index (χ0v) is 21.4. The highest BCUT2D eigenvalue weighted by molar-refractivity contribution is 5.66. The number of rotatable bonds is 25. The molecule has 0 aromatic carbocycles. The van der Waals surface area contributed by atoms with E-state index in [9.17, 15) is 9.90 Å². The van der Waals surface area contributed by atoms with E-state index in [1.165, 1.54) is 128 Å². The number of unbranched alkanes of at least 4 members (excludes halogenated alkanes) is 17. The van der Waals surface area contributed by atoms with Crippen molar-refractivity contribution in [1.82, 2.24) is 0 Å². The molecule has 0 aliphatic rings. The standard InChI is InChI=1S/C29H56O2/c1-3-5-7-9-11-12-13-14-15-16-17-18-20-22-24-26-28(27-29(30)31)25-23-21-19-10-8-6-4-2/h14-15,28H,3-13,16-27H2,1-2H3,(H,30,31)/b15-14-. The summed E-state index contributed by atoms with van der Waals surface area (Å²) in [4.78, 5) is 11.2. The van der Waals surface area contributed by atoms with Gasteiger partial charge in [-0.15, -0.1) is 0 Å². The lowest BCUT2D eigenvalue weighted by Gasteiger charge is -2.14. The van der Waals surface area contributed by atoms with Gasteiger partial charge in [-0.1, -0.05) is 129 Å². The fourth-order valence-electron chi connectivity index (χ4n) is 4.49. The van der Waals surface area contributed by atoms with Crippen LogP contribution in [0.15, 0.2) is 12.2 Å². The molecule has 0 aliphatic carbocycles. The van der Waals surface area contributed by atoms with Crippen LogP contribution in [0.25, 0.3) is 0 Å². The van der Waals surface area contributed by atoms with Gasteiger partial charge in [0.2, 0.25) is 0 Å². The Labute approximate surface area is 195 Å². The molecule has 0 bridgehead atoms. The molecule has 1 atom stereocenters. The van der Waals surface area contributed by atoms with Gasteiger partial charge in [-0.05, 0) is 44.4 Å². The van der Waals surface area contributed by atoms with Crippen molar-refractivity contribution in [2.45, 2.75) is 162 Å². The van der Waals surface area contributed by atoms with Crippen LogP contribution in [0, 0.1) is 5.92 Å². The molecular formula is C29H56O2. The first-order valence-corrected chi connectivity index (χ1v) is 14.1. The summed E-state index contributed by atoms with van der Waals surface area (Å²) in [7, 11) is 0. The van der Waals surface area contributed by atoms with Crippen molar-refractivity contribution in [3.8, 4) is 0 Å². The van der Waals surface area contributed by atoms with Gasteiger partial charge < -0.3 is 5.11 Å². The van der Waals surface area contributed by atoms with Crippen LogP contribution in [0.2, 0.25) is 0 Å². The summed E-state index contributed by atoms with van der Waals surface area (Å²) in [6.45, 7) is 4.53. The predicted octanol–water partition coefficient (Wildman–Crippen LogP) is 10.3. The van der Waals surface area contributed by atoms with Crippen molar-refractivity contribution in [3.05, 3.63) is 12.2 Å². The molecule has 0 aromatic heterocycles. The Balaban J connectivity index is 3.55. The minimum atomic E-state index is -0.610. The lowest BCUT2D eigenvalue weighted by atomic mass is 9.91. The maximum Gasteiger partial charge on any atom is 0.303 e. The van der Waals surface area contributed by atoms with Gasteiger partial charge in [0.1, 0.15) is 0 Å². The van der Waals surface area contributed by atoms with E-state index < -0.39 is 5.97 Å². The zero-order valence-electron chi connectivity index (χ0n) is 21.4. The third kappa shape index (κ3) is 25.3. The summed E-state index contributed by atoms with van der Waals surface area (Å²) in [5, 5.41) is 9.20. The van der Waals surface area contributed by atoms with Crippen LogP contribution in [0.5, 0.6) is 0 Å². The number of carboxylic acid groups (broad SMARTS) is 1. The Morgan fingerprint density at radius 2 is 0.935 bits per heavy atom. The lowest BCUT2D eigenvalue weighted by Crippen LogP contribution is -2.08. The molecular weight excluding hydrogens is 380 g/mol. The van der Waals surface area contributed by atoms with Crippen molar-refractivity contribution < 1.29 is 9.90 Å². The summed E-state index contributed by atoms with van der Waals surface area (Å²) in [5.74, 6) is -0.209. The van der Waals surface area contributed by atoms with Crippen molar-refractivity contribution in [3.63, 3.8) is 0 Å². The normalized spacial score (nSPS) is 12.6. The van der Waals surface area contributed by atoms with Gasteiger partial charge in [-0.25, -0.2) is 0 Å². The minimum absolute atomic E-state index is 0.374. The molecule has 2 heteroatoms.